The molecule has 11 nitrogen and oxygen atoms in total. The molecule has 0 aliphatic heterocycles. The van der Waals surface area contributed by atoms with Crippen LogP contribution in [0.2, 0.25) is 0 Å². The Kier molecular flexibility index (Phi) is 7.89. The first kappa shape index (κ1) is 32.0. The van der Waals surface area contributed by atoms with E-state index in [2.05, 4.69) is 26.1 Å². The van der Waals surface area contributed by atoms with Crippen molar-refractivity contribution in [3.8, 4) is 16.2 Å². The molecule has 0 spiro atoms. The molecule has 12 heteroatoms. The fourth-order valence-electron chi connectivity index (χ4n) is 7.21. The lowest BCUT2D eigenvalue weighted by Gasteiger charge is -2.52. The molecule has 2 fully saturated rings. The second-order valence-corrected chi connectivity index (χ2v) is 14.9. The Morgan fingerprint density at radius 2 is 1.77 bits per heavy atom. The summed E-state index contributed by atoms with van der Waals surface area (Å²) in [6.07, 6.45) is 0.215. The van der Waals surface area contributed by atoms with Crippen molar-refractivity contribution in [1.29, 1.82) is 0 Å². The van der Waals surface area contributed by atoms with Gasteiger partial charge in [0.05, 0.1) is 17.5 Å². The lowest BCUT2D eigenvalue weighted by Crippen LogP contribution is -2.74. The number of hydrogen-bond acceptors (Lipinski definition) is 11. The van der Waals surface area contributed by atoms with Gasteiger partial charge in [-0.25, -0.2) is 0 Å². The predicted molar refractivity (Wildman–Crippen MR) is 166 cm³/mol. The predicted octanol–water partition coefficient (Wildman–Crippen LogP) is 1.55. The number of aliphatic hydroxyl groups is 1. The number of benzene rings is 1. The van der Waals surface area contributed by atoms with Gasteiger partial charge in [-0.1, -0.05) is 0 Å². The molecule has 2 saturated carbocycles. The largest absolute Gasteiger partial charge is 0.506 e. The van der Waals surface area contributed by atoms with E-state index in [1.54, 1.807) is 14.1 Å². The Morgan fingerprint density at radius 3 is 2.34 bits per heavy atom. The van der Waals surface area contributed by atoms with Gasteiger partial charge in [-0.05, 0) is 77.4 Å². The summed E-state index contributed by atoms with van der Waals surface area (Å²) in [4.78, 5) is 72.6. The molecule has 6 unspecified atom stereocenters. The smallest absolute Gasteiger partial charge is 0.235 e. The third-order valence-electron chi connectivity index (χ3n) is 9.24. The number of thiophene rings is 1. The summed E-state index contributed by atoms with van der Waals surface area (Å²) < 4.78 is 0. The average molecular weight is 625 g/mol. The number of anilines is 1. The summed E-state index contributed by atoms with van der Waals surface area (Å²) in [6, 6.07) is 4.53. The summed E-state index contributed by atoms with van der Waals surface area (Å²) in [5, 5.41) is 26.9. The first-order valence-corrected chi connectivity index (χ1v) is 15.5. The minimum atomic E-state index is -2.75. The van der Waals surface area contributed by atoms with Gasteiger partial charge in [0.1, 0.15) is 5.75 Å². The van der Waals surface area contributed by atoms with Crippen molar-refractivity contribution >= 4 is 46.1 Å². The van der Waals surface area contributed by atoms with Gasteiger partial charge >= 0.3 is 0 Å². The van der Waals surface area contributed by atoms with Gasteiger partial charge in [-0.2, -0.15) is 0 Å². The normalized spacial score (nSPS) is 28.5. The Balaban J connectivity index is 1.62. The summed E-state index contributed by atoms with van der Waals surface area (Å²) in [7, 11) is 6.78. The highest BCUT2D eigenvalue weighted by molar-refractivity contribution is 7.15. The van der Waals surface area contributed by atoms with E-state index in [1.807, 2.05) is 37.2 Å². The van der Waals surface area contributed by atoms with Crippen LogP contribution in [0.3, 0.4) is 0 Å². The Bertz CT molecular complexity index is 1590. The summed E-state index contributed by atoms with van der Waals surface area (Å²) in [6.45, 7) is 6.82. The average Bonchev–Trinajstić information content (AvgIpc) is 3.37. The number of likely N-dealkylation sites (N-methyl/N-ethyl adjacent to an activating group) is 1. The quantitative estimate of drug-likeness (QED) is 0.346. The zero-order valence-corrected chi connectivity index (χ0v) is 26.9. The maximum atomic E-state index is 14.3. The van der Waals surface area contributed by atoms with Crippen molar-refractivity contribution in [3.05, 3.63) is 34.2 Å². The molecular weight excluding hydrogens is 584 g/mol. The molecule has 1 aromatic heterocycles. The number of primary amides is 1. The Hall–Kier alpha value is -3.45. The molecule has 1 heterocycles. The molecular formula is C32H40N4O7S. The number of Topliss-reactive ketones (excluding diaryl/α,β-unsaturated/α-hetero) is 4. The van der Waals surface area contributed by atoms with Crippen molar-refractivity contribution in [3.63, 3.8) is 0 Å². The lowest BCUT2D eigenvalue weighted by molar-refractivity contribution is -0.181. The molecule has 2 aromatic rings. The molecule has 5 N–H and O–H groups in total. The van der Waals surface area contributed by atoms with Gasteiger partial charge < -0.3 is 26.2 Å². The van der Waals surface area contributed by atoms with Gasteiger partial charge in [-0.15, -0.1) is 11.3 Å². The van der Waals surface area contributed by atoms with E-state index in [1.165, 1.54) is 16.2 Å². The van der Waals surface area contributed by atoms with E-state index in [4.69, 9.17) is 5.73 Å². The molecule has 1 amide bonds. The zero-order valence-electron chi connectivity index (χ0n) is 26.1. The van der Waals surface area contributed by atoms with Gasteiger partial charge in [0.15, 0.2) is 34.7 Å². The number of fused-ring (bicyclic) bond motifs is 3. The number of carbonyl (C=O) groups excluding carboxylic acids is 5. The third kappa shape index (κ3) is 4.88. The van der Waals surface area contributed by atoms with Crippen molar-refractivity contribution in [2.45, 2.75) is 57.3 Å². The highest BCUT2D eigenvalue weighted by atomic mass is 32.1. The van der Waals surface area contributed by atoms with E-state index in [0.717, 1.165) is 9.75 Å². The number of rotatable bonds is 6. The van der Waals surface area contributed by atoms with Crippen LogP contribution in [0.25, 0.3) is 10.4 Å². The minimum absolute atomic E-state index is 0.00827. The van der Waals surface area contributed by atoms with Crippen molar-refractivity contribution in [1.82, 2.24) is 10.2 Å². The van der Waals surface area contributed by atoms with Crippen LogP contribution in [0.4, 0.5) is 5.69 Å². The minimum Gasteiger partial charge on any atom is -0.506 e. The topological polar surface area (TPSA) is 170 Å². The molecule has 0 radical (unpaired) electrons. The van der Waals surface area contributed by atoms with E-state index < -0.39 is 64.4 Å². The molecule has 1 aromatic carbocycles. The molecule has 5 rings (SSSR count). The number of aromatic hydroxyl groups is 1. The molecule has 236 valence electrons. The van der Waals surface area contributed by atoms with Crippen LogP contribution in [0, 0.1) is 23.7 Å². The fourth-order valence-corrected chi connectivity index (χ4v) is 8.17. The van der Waals surface area contributed by atoms with E-state index in [0.29, 0.717) is 23.4 Å². The number of amides is 1. The van der Waals surface area contributed by atoms with Gasteiger partial charge in [0.2, 0.25) is 5.91 Å². The number of ketones is 4. The standard InChI is InChI=1S/C32H40N4O7S/c1-31(2,3)34-13-15-8-9-20(44-15)17-12-19(35(4)5)16-10-14-11-18-24(36(6)7)27(39)23(30(33)42)29(41)32(18,43)28(40)21(14)26(38)22(16)25(17)37/h8-9,12,14,18,21,23-24,34,37,43H,10-11,13H2,1-7H3,(H2,33,42). The van der Waals surface area contributed by atoms with E-state index in [-0.39, 0.29) is 29.7 Å². The highest BCUT2D eigenvalue weighted by Gasteiger charge is 2.69. The second-order valence-electron chi connectivity index (χ2n) is 13.7. The summed E-state index contributed by atoms with van der Waals surface area (Å²) in [5.41, 5.74) is 4.25. The maximum absolute atomic E-state index is 14.3. The first-order valence-electron chi connectivity index (χ1n) is 14.6. The van der Waals surface area contributed by atoms with Crippen LogP contribution in [-0.2, 0) is 32.1 Å². The third-order valence-corrected chi connectivity index (χ3v) is 10.4. The number of phenols is 1. The second kappa shape index (κ2) is 10.9. The SMILES string of the molecule is CN(C)c1cc(-c2ccc(CNC(C)(C)C)s2)c(O)c2c1CC1CC3C(N(C)C)C(=O)C(C(N)=O)C(=O)C3(O)C(=O)C1C2=O. The lowest BCUT2D eigenvalue weighted by atomic mass is 9.52. The van der Waals surface area contributed by atoms with Crippen LogP contribution in [0.5, 0.6) is 5.75 Å². The number of hydrogen-bond donors (Lipinski definition) is 4. The molecule has 3 aliphatic rings. The Labute approximate surface area is 260 Å². The number of nitrogens with two attached hydrogens (primary N) is 1. The van der Waals surface area contributed by atoms with Crippen LogP contribution in [-0.4, -0.2) is 89.5 Å². The van der Waals surface area contributed by atoms with Crippen LogP contribution < -0.4 is 16.0 Å². The molecule has 0 saturated heterocycles. The van der Waals surface area contributed by atoms with Crippen LogP contribution in [0.15, 0.2) is 18.2 Å². The molecule has 44 heavy (non-hydrogen) atoms. The maximum Gasteiger partial charge on any atom is 0.235 e. The van der Waals surface area contributed by atoms with Crippen molar-refractivity contribution < 1.29 is 34.2 Å². The molecule has 0 bridgehead atoms. The van der Waals surface area contributed by atoms with Crippen molar-refractivity contribution in [2.75, 3.05) is 33.1 Å². The summed E-state index contributed by atoms with van der Waals surface area (Å²) in [5.74, 6) is -10.5. The van der Waals surface area contributed by atoms with E-state index in [9.17, 15) is 34.2 Å². The highest BCUT2D eigenvalue weighted by Crippen LogP contribution is 2.53. The van der Waals surface area contributed by atoms with Gasteiger partial charge in [0, 0.05) is 53.1 Å². The molecule has 3 aliphatic carbocycles. The number of phenolic OH excluding ortho intramolecular Hbond substituents is 1. The number of carbonyl (C=O) groups is 5. The van der Waals surface area contributed by atoms with Crippen LogP contribution in [0.1, 0.15) is 48.0 Å². The number of nitrogens with one attached hydrogen (secondary N) is 1. The van der Waals surface area contributed by atoms with Crippen molar-refractivity contribution in [2.24, 2.45) is 29.4 Å². The van der Waals surface area contributed by atoms with Gasteiger partial charge in [0.25, 0.3) is 0 Å². The fraction of sp³-hybridized carbons (Fsp3) is 0.531. The first-order chi connectivity index (χ1) is 20.4. The monoisotopic (exact) mass is 624 g/mol. The zero-order chi connectivity index (χ0) is 32.6. The summed E-state index contributed by atoms with van der Waals surface area (Å²) >= 11 is 1.47. The Morgan fingerprint density at radius 1 is 1.11 bits per heavy atom. The molecule has 6 atom stereocenters. The van der Waals surface area contributed by atoms with E-state index >= 15 is 0 Å². The van der Waals surface area contributed by atoms with Crippen LogP contribution >= 0.6 is 11.3 Å². The number of nitrogens with zero attached hydrogens (tertiary/aromatic N) is 2. The van der Waals surface area contributed by atoms with Gasteiger partial charge in [-0.3, -0.25) is 28.9 Å².